The standard InChI is InChI=1S/C29H35FN4O2/c1-18(2)25-16-33(11-12-34(25)26(35)13-20-7-5-6-8-24(20)30)28-22(15-31)21-14-29(3,4)36-17-23(21)27(32-28)19-9-10-19/h5-8,18-19,25H,9-14,16-17H2,1-4H3. The van der Waals surface area contributed by atoms with Crippen LogP contribution in [0.1, 0.15) is 74.4 Å². The first kappa shape index (κ1) is 24.7. The summed E-state index contributed by atoms with van der Waals surface area (Å²) in [5.74, 6) is 0.995. The summed E-state index contributed by atoms with van der Waals surface area (Å²) < 4.78 is 20.3. The zero-order chi connectivity index (χ0) is 25.6. The number of anilines is 1. The Labute approximate surface area is 213 Å². The molecule has 1 atom stereocenters. The number of ether oxygens (including phenoxy) is 1. The molecule has 1 saturated carbocycles. The van der Waals surface area contributed by atoms with E-state index < -0.39 is 0 Å². The smallest absolute Gasteiger partial charge is 0.227 e. The van der Waals surface area contributed by atoms with Crippen LogP contribution >= 0.6 is 0 Å². The van der Waals surface area contributed by atoms with Gasteiger partial charge < -0.3 is 14.5 Å². The summed E-state index contributed by atoms with van der Waals surface area (Å²) in [7, 11) is 0. The third-order valence-corrected chi connectivity index (χ3v) is 7.82. The zero-order valence-electron chi connectivity index (χ0n) is 21.7. The van der Waals surface area contributed by atoms with Gasteiger partial charge in [-0.25, -0.2) is 9.37 Å². The van der Waals surface area contributed by atoms with Crippen LogP contribution in [-0.2, 0) is 29.0 Å². The molecule has 36 heavy (non-hydrogen) atoms. The highest BCUT2D eigenvalue weighted by Crippen LogP contribution is 2.46. The summed E-state index contributed by atoms with van der Waals surface area (Å²) in [4.78, 5) is 22.5. The highest BCUT2D eigenvalue weighted by Gasteiger charge is 2.39. The normalized spacial score (nSPS) is 21.3. The Bertz CT molecular complexity index is 1210. The van der Waals surface area contributed by atoms with Crippen LogP contribution in [0.2, 0.25) is 0 Å². The van der Waals surface area contributed by atoms with Crippen molar-refractivity contribution in [3.8, 4) is 6.07 Å². The maximum Gasteiger partial charge on any atom is 0.227 e. The van der Waals surface area contributed by atoms with Crippen LogP contribution in [0.25, 0.3) is 0 Å². The van der Waals surface area contributed by atoms with E-state index in [1.807, 2.05) is 4.90 Å². The van der Waals surface area contributed by atoms with Gasteiger partial charge in [-0.1, -0.05) is 32.0 Å². The maximum absolute atomic E-state index is 14.2. The summed E-state index contributed by atoms with van der Waals surface area (Å²) in [5, 5.41) is 10.3. The Hall–Kier alpha value is -2.98. The average molecular weight is 491 g/mol. The number of benzene rings is 1. The van der Waals surface area contributed by atoms with Crippen molar-refractivity contribution in [3.63, 3.8) is 0 Å². The molecule has 0 spiro atoms. The number of piperazine rings is 1. The van der Waals surface area contributed by atoms with Gasteiger partial charge in [-0.15, -0.1) is 0 Å². The molecule has 1 amide bonds. The van der Waals surface area contributed by atoms with Crippen molar-refractivity contribution >= 4 is 11.7 Å². The quantitative estimate of drug-likeness (QED) is 0.606. The van der Waals surface area contributed by atoms with E-state index in [1.165, 1.54) is 6.07 Å². The fourth-order valence-electron chi connectivity index (χ4n) is 5.61. The number of fused-ring (bicyclic) bond motifs is 1. The van der Waals surface area contributed by atoms with E-state index in [9.17, 15) is 14.4 Å². The number of hydrogen-bond donors (Lipinski definition) is 0. The molecule has 1 saturated heterocycles. The zero-order valence-corrected chi connectivity index (χ0v) is 21.7. The van der Waals surface area contributed by atoms with Gasteiger partial charge in [0, 0.05) is 37.5 Å². The Morgan fingerprint density at radius 1 is 1.25 bits per heavy atom. The molecule has 7 heteroatoms. The molecule has 2 fully saturated rings. The first-order valence-electron chi connectivity index (χ1n) is 13.1. The van der Waals surface area contributed by atoms with Crippen LogP contribution in [0.5, 0.6) is 0 Å². The molecule has 1 unspecified atom stereocenters. The van der Waals surface area contributed by atoms with E-state index in [0.29, 0.717) is 49.7 Å². The lowest BCUT2D eigenvalue weighted by atomic mass is 9.87. The van der Waals surface area contributed by atoms with Crippen LogP contribution < -0.4 is 4.90 Å². The van der Waals surface area contributed by atoms with Crippen molar-refractivity contribution in [1.29, 1.82) is 5.26 Å². The third kappa shape index (κ3) is 4.71. The lowest BCUT2D eigenvalue weighted by Crippen LogP contribution is -2.58. The van der Waals surface area contributed by atoms with Gasteiger partial charge >= 0.3 is 0 Å². The summed E-state index contributed by atoms with van der Waals surface area (Å²) in [5.41, 5.74) is 4.04. The first-order valence-corrected chi connectivity index (χ1v) is 13.1. The van der Waals surface area contributed by atoms with Gasteiger partial charge in [0.15, 0.2) is 0 Å². The van der Waals surface area contributed by atoms with Gasteiger partial charge in [0.1, 0.15) is 17.7 Å². The van der Waals surface area contributed by atoms with Gasteiger partial charge in [-0.2, -0.15) is 5.26 Å². The van der Waals surface area contributed by atoms with Gasteiger partial charge in [0.2, 0.25) is 5.91 Å². The molecule has 1 aromatic heterocycles. The predicted octanol–water partition coefficient (Wildman–Crippen LogP) is 4.74. The van der Waals surface area contributed by atoms with Crippen molar-refractivity contribution < 1.29 is 13.9 Å². The molecule has 2 aromatic rings. The molecule has 3 heterocycles. The molecule has 0 bridgehead atoms. The van der Waals surface area contributed by atoms with Crippen molar-refractivity contribution in [3.05, 3.63) is 58.0 Å². The molecular formula is C29H35FN4O2. The number of aromatic nitrogens is 1. The molecule has 5 rings (SSSR count). The van der Waals surface area contributed by atoms with Crippen LogP contribution in [-0.4, -0.2) is 47.1 Å². The minimum atomic E-state index is -0.345. The third-order valence-electron chi connectivity index (χ3n) is 7.82. The van der Waals surface area contributed by atoms with Crippen LogP contribution in [0.15, 0.2) is 24.3 Å². The minimum absolute atomic E-state index is 0.0495. The molecule has 190 valence electrons. The van der Waals surface area contributed by atoms with E-state index in [-0.39, 0.29) is 35.7 Å². The molecule has 1 aromatic carbocycles. The number of hydrogen-bond acceptors (Lipinski definition) is 5. The number of amides is 1. The molecule has 6 nitrogen and oxygen atoms in total. The highest BCUT2D eigenvalue weighted by molar-refractivity contribution is 5.79. The lowest BCUT2D eigenvalue weighted by molar-refractivity contribution is -0.134. The van der Waals surface area contributed by atoms with E-state index in [2.05, 4.69) is 38.7 Å². The molecule has 0 N–H and O–H groups in total. The monoisotopic (exact) mass is 490 g/mol. The van der Waals surface area contributed by atoms with Crippen molar-refractivity contribution in [2.24, 2.45) is 5.92 Å². The summed E-state index contributed by atoms with van der Waals surface area (Å²) in [6.45, 7) is 10.6. The summed E-state index contributed by atoms with van der Waals surface area (Å²) in [6.07, 6.45) is 2.99. The number of carbonyl (C=O) groups is 1. The topological polar surface area (TPSA) is 69.5 Å². The fourth-order valence-corrected chi connectivity index (χ4v) is 5.61. The van der Waals surface area contributed by atoms with Gasteiger partial charge in [-0.05, 0) is 49.8 Å². The molecule has 0 radical (unpaired) electrons. The van der Waals surface area contributed by atoms with E-state index in [4.69, 9.17) is 9.72 Å². The lowest BCUT2D eigenvalue weighted by Gasteiger charge is -2.44. The highest BCUT2D eigenvalue weighted by atomic mass is 19.1. The number of nitrogens with zero attached hydrogens (tertiary/aromatic N) is 4. The molecule has 1 aliphatic carbocycles. The average Bonchev–Trinajstić information content (AvgIpc) is 3.69. The fraction of sp³-hybridized carbons (Fsp3) is 0.552. The van der Waals surface area contributed by atoms with Gasteiger partial charge in [-0.3, -0.25) is 4.79 Å². The Morgan fingerprint density at radius 2 is 2.00 bits per heavy atom. The Kier molecular flexibility index (Phi) is 6.50. The maximum atomic E-state index is 14.2. The molecule has 3 aliphatic rings. The van der Waals surface area contributed by atoms with Crippen molar-refractivity contribution in [2.75, 3.05) is 24.5 Å². The number of pyridine rings is 1. The number of carbonyl (C=O) groups excluding carboxylic acids is 1. The van der Waals surface area contributed by atoms with Crippen molar-refractivity contribution in [1.82, 2.24) is 9.88 Å². The number of nitriles is 1. The summed E-state index contributed by atoms with van der Waals surface area (Å²) >= 11 is 0. The minimum Gasteiger partial charge on any atom is -0.370 e. The summed E-state index contributed by atoms with van der Waals surface area (Å²) in [6, 6.07) is 8.91. The van der Waals surface area contributed by atoms with Gasteiger partial charge in [0.25, 0.3) is 0 Å². The van der Waals surface area contributed by atoms with Crippen LogP contribution in [0.4, 0.5) is 10.2 Å². The Morgan fingerprint density at radius 3 is 2.67 bits per heavy atom. The number of halogens is 1. The van der Waals surface area contributed by atoms with Crippen LogP contribution in [0, 0.1) is 23.1 Å². The second-order valence-corrected chi connectivity index (χ2v) is 11.4. The van der Waals surface area contributed by atoms with Crippen LogP contribution in [0.3, 0.4) is 0 Å². The second kappa shape index (κ2) is 9.48. The largest absolute Gasteiger partial charge is 0.370 e. The first-order chi connectivity index (χ1) is 17.2. The SMILES string of the molecule is CC(C)C1CN(c2nc(C3CC3)c3c(c2C#N)CC(C)(C)OC3)CCN1C(=O)Cc1ccccc1F. The molecular weight excluding hydrogens is 455 g/mol. The Balaban J connectivity index is 1.45. The van der Waals surface area contributed by atoms with E-state index >= 15 is 0 Å². The number of rotatable bonds is 5. The second-order valence-electron chi connectivity index (χ2n) is 11.4. The predicted molar refractivity (Wildman–Crippen MR) is 136 cm³/mol. The van der Waals surface area contributed by atoms with Gasteiger partial charge in [0.05, 0.1) is 35.9 Å². The van der Waals surface area contributed by atoms with Crippen molar-refractivity contribution in [2.45, 2.75) is 77.5 Å². The van der Waals surface area contributed by atoms with E-state index in [1.54, 1.807) is 18.2 Å². The van der Waals surface area contributed by atoms with E-state index in [0.717, 1.165) is 35.5 Å². The molecule has 2 aliphatic heterocycles.